The van der Waals surface area contributed by atoms with Gasteiger partial charge in [-0.15, -0.1) is 11.3 Å². The Balaban J connectivity index is 2.05. The second-order valence-corrected chi connectivity index (χ2v) is 6.31. The third-order valence-electron chi connectivity index (χ3n) is 3.39. The molecule has 0 saturated carbocycles. The number of nitrogens with one attached hydrogen (secondary N) is 1. The van der Waals surface area contributed by atoms with Crippen LogP contribution in [-0.2, 0) is 6.54 Å². The number of aromatic nitrogens is 1. The summed E-state index contributed by atoms with van der Waals surface area (Å²) in [4.78, 5) is 5.33. The molecule has 1 aromatic heterocycles. The van der Waals surface area contributed by atoms with Gasteiger partial charge in [-0.05, 0) is 32.4 Å². The molecule has 2 aromatic rings. The summed E-state index contributed by atoms with van der Waals surface area (Å²) in [5, 5.41) is 3.31. The van der Waals surface area contributed by atoms with Gasteiger partial charge in [-0.2, -0.15) is 13.2 Å². The molecule has 1 N–H and O–H groups in total. The number of halogens is 3. The molecule has 0 aliphatic carbocycles. The standard InChI is InChI=1S/C16H19F3N2OS/c1-10-4-5-13(14(6-10)22-8-16(17,18)19)7-20-11(2)15-12(3)21-9-23-15/h4-6,9,11,20H,7-8H2,1-3H3/t11-/m1/s1. The molecule has 0 aliphatic heterocycles. The van der Waals surface area contributed by atoms with Gasteiger partial charge in [0.15, 0.2) is 6.61 Å². The number of thiazole rings is 1. The molecule has 0 unspecified atom stereocenters. The van der Waals surface area contributed by atoms with E-state index in [1.165, 1.54) is 0 Å². The Morgan fingerprint density at radius 1 is 1.30 bits per heavy atom. The normalized spacial score (nSPS) is 13.1. The largest absolute Gasteiger partial charge is 0.484 e. The summed E-state index contributed by atoms with van der Waals surface area (Å²) >= 11 is 1.56. The molecule has 3 nitrogen and oxygen atoms in total. The highest BCUT2D eigenvalue weighted by atomic mass is 32.1. The van der Waals surface area contributed by atoms with Crippen molar-refractivity contribution in [1.82, 2.24) is 10.3 Å². The molecule has 0 fully saturated rings. The van der Waals surface area contributed by atoms with Gasteiger partial charge in [0, 0.05) is 23.0 Å². The van der Waals surface area contributed by atoms with Gasteiger partial charge in [0.2, 0.25) is 0 Å². The number of nitrogens with zero attached hydrogens (tertiary/aromatic N) is 1. The predicted octanol–water partition coefficient (Wildman–Crippen LogP) is 4.55. The molecule has 1 atom stereocenters. The van der Waals surface area contributed by atoms with Gasteiger partial charge in [-0.3, -0.25) is 0 Å². The summed E-state index contributed by atoms with van der Waals surface area (Å²) in [6, 6.07) is 5.35. The average molecular weight is 344 g/mol. The Hall–Kier alpha value is -1.60. The second kappa shape index (κ2) is 7.31. The van der Waals surface area contributed by atoms with Crippen molar-refractivity contribution >= 4 is 11.3 Å². The summed E-state index contributed by atoms with van der Waals surface area (Å²) in [6.07, 6.45) is -4.35. The van der Waals surface area contributed by atoms with Crippen molar-refractivity contribution in [2.45, 2.75) is 39.5 Å². The van der Waals surface area contributed by atoms with Crippen LogP contribution < -0.4 is 10.1 Å². The molecule has 0 bridgehead atoms. The van der Waals surface area contributed by atoms with E-state index >= 15 is 0 Å². The summed E-state index contributed by atoms with van der Waals surface area (Å²) in [7, 11) is 0. The molecule has 7 heteroatoms. The Bertz CT molecular complexity index is 655. The lowest BCUT2D eigenvalue weighted by Crippen LogP contribution is -2.21. The first kappa shape index (κ1) is 17.7. The third-order valence-corrected chi connectivity index (χ3v) is 4.50. The van der Waals surface area contributed by atoms with Crippen molar-refractivity contribution in [3.8, 4) is 5.75 Å². The van der Waals surface area contributed by atoms with E-state index in [-0.39, 0.29) is 11.8 Å². The van der Waals surface area contributed by atoms with Crippen LogP contribution >= 0.6 is 11.3 Å². The van der Waals surface area contributed by atoms with Crippen LogP contribution in [0.25, 0.3) is 0 Å². The van der Waals surface area contributed by atoms with Gasteiger partial charge < -0.3 is 10.1 Å². The summed E-state index contributed by atoms with van der Waals surface area (Å²) < 4.78 is 42.1. The Morgan fingerprint density at radius 2 is 2.04 bits per heavy atom. The molecule has 1 aromatic carbocycles. The zero-order valence-electron chi connectivity index (χ0n) is 13.2. The smallest absolute Gasteiger partial charge is 0.422 e. The number of hydrogen-bond acceptors (Lipinski definition) is 4. The van der Waals surface area contributed by atoms with Gasteiger partial charge in [-0.1, -0.05) is 12.1 Å². The van der Waals surface area contributed by atoms with Gasteiger partial charge in [0.1, 0.15) is 5.75 Å². The lowest BCUT2D eigenvalue weighted by molar-refractivity contribution is -0.153. The second-order valence-electron chi connectivity index (χ2n) is 5.42. The molecule has 126 valence electrons. The maximum atomic E-state index is 12.4. The maximum absolute atomic E-state index is 12.4. The van der Waals surface area contributed by atoms with E-state index in [4.69, 9.17) is 4.74 Å². The van der Waals surface area contributed by atoms with Crippen LogP contribution in [0.3, 0.4) is 0 Å². The topological polar surface area (TPSA) is 34.2 Å². The van der Waals surface area contributed by atoms with Crippen molar-refractivity contribution in [2.75, 3.05) is 6.61 Å². The highest BCUT2D eigenvalue weighted by molar-refractivity contribution is 7.09. The van der Waals surface area contributed by atoms with Crippen LogP contribution in [0.4, 0.5) is 13.2 Å². The fourth-order valence-electron chi connectivity index (χ4n) is 2.18. The van der Waals surface area contributed by atoms with E-state index in [0.717, 1.165) is 16.1 Å². The number of alkyl halides is 3. The number of hydrogen-bond donors (Lipinski definition) is 1. The maximum Gasteiger partial charge on any atom is 0.422 e. The van der Waals surface area contributed by atoms with Crippen molar-refractivity contribution in [3.63, 3.8) is 0 Å². The first-order chi connectivity index (χ1) is 10.8. The number of benzene rings is 1. The Kier molecular flexibility index (Phi) is 5.64. The Morgan fingerprint density at radius 3 is 2.65 bits per heavy atom. The minimum atomic E-state index is -4.35. The summed E-state index contributed by atoms with van der Waals surface area (Å²) in [5.41, 5.74) is 4.31. The Labute approximate surface area is 137 Å². The molecule has 0 spiro atoms. The summed E-state index contributed by atoms with van der Waals surface area (Å²) in [5.74, 6) is 0.267. The van der Waals surface area contributed by atoms with Gasteiger partial charge in [0.25, 0.3) is 0 Å². The lowest BCUT2D eigenvalue weighted by atomic mass is 10.1. The zero-order chi connectivity index (χ0) is 17.0. The van der Waals surface area contributed by atoms with Crippen molar-refractivity contribution in [3.05, 3.63) is 45.4 Å². The number of ether oxygens (including phenoxy) is 1. The summed E-state index contributed by atoms with van der Waals surface area (Å²) in [6.45, 7) is 4.90. The minimum absolute atomic E-state index is 0.0688. The molecule has 0 radical (unpaired) electrons. The van der Waals surface area contributed by atoms with E-state index in [9.17, 15) is 13.2 Å². The monoisotopic (exact) mass is 344 g/mol. The van der Waals surface area contributed by atoms with Crippen molar-refractivity contribution in [1.29, 1.82) is 0 Å². The zero-order valence-corrected chi connectivity index (χ0v) is 14.0. The van der Waals surface area contributed by atoms with Crippen molar-refractivity contribution in [2.24, 2.45) is 0 Å². The van der Waals surface area contributed by atoms with E-state index in [1.807, 2.05) is 26.8 Å². The fourth-order valence-corrected chi connectivity index (χ4v) is 3.02. The lowest BCUT2D eigenvalue weighted by Gasteiger charge is -2.17. The fraction of sp³-hybridized carbons (Fsp3) is 0.438. The number of aryl methyl sites for hydroxylation is 2. The molecular weight excluding hydrogens is 325 g/mol. The van der Waals surface area contributed by atoms with E-state index in [1.54, 1.807) is 29.0 Å². The molecule has 0 aliphatic rings. The molecule has 0 amide bonds. The van der Waals surface area contributed by atoms with Gasteiger partial charge >= 0.3 is 6.18 Å². The van der Waals surface area contributed by atoms with Crippen LogP contribution in [0.15, 0.2) is 23.7 Å². The SMILES string of the molecule is Cc1ccc(CN[C@H](C)c2scnc2C)c(OCC(F)(F)F)c1. The highest BCUT2D eigenvalue weighted by Gasteiger charge is 2.28. The van der Waals surface area contributed by atoms with Crippen molar-refractivity contribution < 1.29 is 17.9 Å². The third kappa shape index (κ3) is 5.21. The predicted molar refractivity (Wildman–Crippen MR) is 84.8 cm³/mol. The van der Waals surface area contributed by atoms with Gasteiger partial charge in [0.05, 0.1) is 11.2 Å². The molecule has 1 heterocycles. The van der Waals surface area contributed by atoms with Crippen LogP contribution in [0.1, 0.15) is 34.7 Å². The van der Waals surface area contributed by atoms with Gasteiger partial charge in [-0.25, -0.2) is 4.98 Å². The van der Waals surface area contributed by atoms with Crippen LogP contribution in [0, 0.1) is 13.8 Å². The van der Waals surface area contributed by atoms with Crippen LogP contribution in [0.5, 0.6) is 5.75 Å². The first-order valence-corrected chi connectivity index (χ1v) is 8.06. The van der Waals surface area contributed by atoms with E-state index < -0.39 is 12.8 Å². The quantitative estimate of drug-likeness (QED) is 0.835. The highest BCUT2D eigenvalue weighted by Crippen LogP contribution is 2.26. The molecule has 23 heavy (non-hydrogen) atoms. The first-order valence-electron chi connectivity index (χ1n) is 7.18. The molecular formula is C16H19F3N2OS. The number of rotatable bonds is 6. The molecule has 0 saturated heterocycles. The van der Waals surface area contributed by atoms with Crippen LogP contribution in [0.2, 0.25) is 0 Å². The minimum Gasteiger partial charge on any atom is -0.484 e. The average Bonchev–Trinajstić information content (AvgIpc) is 2.89. The molecule has 2 rings (SSSR count). The van der Waals surface area contributed by atoms with Crippen LogP contribution in [-0.4, -0.2) is 17.8 Å². The van der Waals surface area contributed by atoms with E-state index in [0.29, 0.717) is 12.1 Å². The van der Waals surface area contributed by atoms with E-state index in [2.05, 4.69) is 10.3 Å².